The molecule has 0 saturated heterocycles. The topological polar surface area (TPSA) is 38.7 Å². The Morgan fingerprint density at radius 3 is 2.73 bits per heavy atom. The van der Waals surface area contributed by atoms with Crippen molar-refractivity contribution in [3.05, 3.63) is 23.8 Å². The minimum atomic E-state index is -0.417. The van der Waals surface area contributed by atoms with Crippen molar-refractivity contribution in [3.63, 3.8) is 0 Å². The highest BCUT2D eigenvalue weighted by atomic mass is 16.7. The molecule has 0 saturated carbocycles. The van der Waals surface area contributed by atoms with Crippen LogP contribution in [0.1, 0.15) is 31.9 Å². The second-order valence-corrected chi connectivity index (χ2v) is 4.26. The van der Waals surface area contributed by atoms with Crippen LogP contribution < -0.4 is 9.47 Å². The first kappa shape index (κ1) is 10.3. The normalized spacial score (nSPS) is 15.7. The molecule has 2 rings (SSSR count). The average molecular weight is 208 g/mol. The van der Waals surface area contributed by atoms with Gasteiger partial charge in [0.1, 0.15) is 0 Å². The maximum atomic E-state index is 9.93. The first-order valence-corrected chi connectivity index (χ1v) is 5.24. The molecule has 1 N–H and O–H groups in total. The Morgan fingerprint density at radius 1 is 1.27 bits per heavy atom. The Hall–Kier alpha value is -1.22. The molecule has 1 heterocycles. The number of fused-ring (bicyclic) bond motifs is 1. The summed E-state index contributed by atoms with van der Waals surface area (Å²) in [6.45, 7) is 4.46. The minimum Gasteiger partial charge on any atom is -0.454 e. The number of benzene rings is 1. The maximum Gasteiger partial charge on any atom is 0.231 e. The van der Waals surface area contributed by atoms with Crippen molar-refractivity contribution in [1.82, 2.24) is 0 Å². The largest absolute Gasteiger partial charge is 0.454 e. The van der Waals surface area contributed by atoms with Gasteiger partial charge in [-0.1, -0.05) is 19.9 Å². The van der Waals surface area contributed by atoms with E-state index >= 15 is 0 Å². The lowest BCUT2D eigenvalue weighted by atomic mass is 9.99. The Balaban J connectivity index is 2.15. The fraction of sp³-hybridized carbons (Fsp3) is 0.500. The standard InChI is InChI=1S/C12H16O3/c1-8(2)5-10(13)9-3-4-11-12(6-9)15-7-14-11/h3-4,6,8,10,13H,5,7H2,1-2H3/t10-/m0/s1. The van der Waals surface area contributed by atoms with Crippen molar-refractivity contribution in [2.75, 3.05) is 6.79 Å². The smallest absolute Gasteiger partial charge is 0.231 e. The van der Waals surface area contributed by atoms with E-state index in [0.717, 1.165) is 23.5 Å². The van der Waals surface area contributed by atoms with E-state index in [0.29, 0.717) is 5.92 Å². The highest BCUT2D eigenvalue weighted by Crippen LogP contribution is 2.35. The molecule has 0 unspecified atom stereocenters. The second-order valence-electron chi connectivity index (χ2n) is 4.26. The van der Waals surface area contributed by atoms with Crippen LogP contribution in [0.4, 0.5) is 0 Å². The van der Waals surface area contributed by atoms with Gasteiger partial charge in [-0.3, -0.25) is 0 Å². The van der Waals surface area contributed by atoms with Gasteiger partial charge >= 0.3 is 0 Å². The van der Waals surface area contributed by atoms with E-state index in [1.807, 2.05) is 18.2 Å². The molecule has 0 amide bonds. The van der Waals surface area contributed by atoms with Crippen LogP contribution in [0.5, 0.6) is 11.5 Å². The van der Waals surface area contributed by atoms with E-state index in [1.54, 1.807) is 0 Å². The van der Waals surface area contributed by atoms with Crippen LogP contribution in [0.2, 0.25) is 0 Å². The number of ether oxygens (including phenoxy) is 2. The third-order valence-corrected chi connectivity index (χ3v) is 2.48. The molecule has 1 aliphatic heterocycles. The van der Waals surface area contributed by atoms with E-state index in [2.05, 4.69) is 13.8 Å². The second kappa shape index (κ2) is 4.11. The predicted molar refractivity (Wildman–Crippen MR) is 57.0 cm³/mol. The van der Waals surface area contributed by atoms with Gasteiger partial charge in [0.2, 0.25) is 6.79 Å². The van der Waals surface area contributed by atoms with E-state index in [9.17, 15) is 5.11 Å². The van der Waals surface area contributed by atoms with E-state index in [-0.39, 0.29) is 6.79 Å². The molecule has 0 aliphatic carbocycles. The van der Waals surface area contributed by atoms with Crippen LogP contribution >= 0.6 is 0 Å². The van der Waals surface area contributed by atoms with Crippen LogP contribution in [0.25, 0.3) is 0 Å². The molecule has 0 aromatic heterocycles. The van der Waals surface area contributed by atoms with Gasteiger partial charge < -0.3 is 14.6 Å². The first-order valence-electron chi connectivity index (χ1n) is 5.24. The fourth-order valence-corrected chi connectivity index (χ4v) is 1.70. The molecule has 1 atom stereocenters. The summed E-state index contributed by atoms with van der Waals surface area (Å²) in [7, 11) is 0. The monoisotopic (exact) mass is 208 g/mol. The van der Waals surface area contributed by atoms with Gasteiger partial charge in [0.15, 0.2) is 11.5 Å². The molecule has 0 fully saturated rings. The zero-order valence-electron chi connectivity index (χ0n) is 9.06. The van der Waals surface area contributed by atoms with Crippen LogP contribution in [0, 0.1) is 5.92 Å². The van der Waals surface area contributed by atoms with Crippen molar-refractivity contribution in [2.45, 2.75) is 26.4 Å². The predicted octanol–water partition coefficient (Wildman–Crippen LogP) is 2.49. The molecule has 1 aromatic rings. The van der Waals surface area contributed by atoms with Crippen LogP contribution in [-0.4, -0.2) is 11.9 Å². The molecule has 3 nitrogen and oxygen atoms in total. The Kier molecular flexibility index (Phi) is 2.82. The summed E-state index contributed by atoms with van der Waals surface area (Å²) in [5.41, 5.74) is 0.896. The quantitative estimate of drug-likeness (QED) is 0.829. The highest BCUT2D eigenvalue weighted by Gasteiger charge is 2.16. The molecular weight excluding hydrogens is 192 g/mol. The zero-order chi connectivity index (χ0) is 10.8. The Bertz CT molecular complexity index is 347. The molecular formula is C12H16O3. The molecule has 0 spiro atoms. The fourth-order valence-electron chi connectivity index (χ4n) is 1.70. The number of aliphatic hydroxyl groups excluding tert-OH is 1. The van der Waals surface area contributed by atoms with Crippen LogP contribution in [0.15, 0.2) is 18.2 Å². The third kappa shape index (κ3) is 2.23. The van der Waals surface area contributed by atoms with Gasteiger partial charge in [-0.2, -0.15) is 0 Å². The SMILES string of the molecule is CC(C)C[C@H](O)c1ccc2c(c1)OCO2. The summed E-state index contributed by atoms with van der Waals surface area (Å²) in [6, 6.07) is 5.59. The molecule has 1 aliphatic rings. The van der Waals surface area contributed by atoms with Gasteiger partial charge in [0.05, 0.1) is 6.10 Å². The van der Waals surface area contributed by atoms with E-state index < -0.39 is 6.10 Å². The van der Waals surface area contributed by atoms with Gasteiger partial charge in [-0.05, 0) is 30.0 Å². The van der Waals surface area contributed by atoms with E-state index in [4.69, 9.17) is 9.47 Å². The molecule has 0 radical (unpaired) electrons. The number of aliphatic hydroxyl groups is 1. The van der Waals surface area contributed by atoms with Crippen molar-refractivity contribution in [1.29, 1.82) is 0 Å². The maximum absolute atomic E-state index is 9.93. The molecule has 1 aromatic carbocycles. The first-order chi connectivity index (χ1) is 7.16. The average Bonchev–Trinajstić information content (AvgIpc) is 2.62. The van der Waals surface area contributed by atoms with Gasteiger partial charge in [-0.15, -0.1) is 0 Å². The molecule has 0 bridgehead atoms. The lowest BCUT2D eigenvalue weighted by molar-refractivity contribution is 0.150. The van der Waals surface area contributed by atoms with Crippen LogP contribution in [0.3, 0.4) is 0 Å². The van der Waals surface area contributed by atoms with Crippen molar-refractivity contribution >= 4 is 0 Å². The minimum absolute atomic E-state index is 0.277. The number of hydrogen-bond acceptors (Lipinski definition) is 3. The summed E-state index contributed by atoms with van der Waals surface area (Å²) in [6.07, 6.45) is 0.346. The zero-order valence-corrected chi connectivity index (χ0v) is 9.06. The summed E-state index contributed by atoms with van der Waals surface area (Å²) in [4.78, 5) is 0. The number of rotatable bonds is 3. The van der Waals surface area contributed by atoms with Crippen molar-refractivity contribution in [3.8, 4) is 11.5 Å². The lowest BCUT2D eigenvalue weighted by Gasteiger charge is -2.13. The highest BCUT2D eigenvalue weighted by molar-refractivity contribution is 5.45. The summed E-state index contributed by atoms with van der Waals surface area (Å²) in [5, 5.41) is 9.93. The van der Waals surface area contributed by atoms with Gasteiger partial charge in [-0.25, -0.2) is 0 Å². The Morgan fingerprint density at radius 2 is 2.00 bits per heavy atom. The molecule has 15 heavy (non-hydrogen) atoms. The lowest BCUT2D eigenvalue weighted by Crippen LogP contribution is -2.01. The Labute approximate surface area is 89.6 Å². The summed E-state index contributed by atoms with van der Waals surface area (Å²) >= 11 is 0. The van der Waals surface area contributed by atoms with Gasteiger partial charge in [0.25, 0.3) is 0 Å². The molecule has 3 heteroatoms. The molecule has 82 valence electrons. The third-order valence-electron chi connectivity index (χ3n) is 2.48. The van der Waals surface area contributed by atoms with Crippen molar-refractivity contribution in [2.24, 2.45) is 5.92 Å². The summed E-state index contributed by atoms with van der Waals surface area (Å²) in [5.74, 6) is 1.97. The van der Waals surface area contributed by atoms with Gasteiger partial charge in [0, 0.05) is 0 Å². The van der Waals surface area contributed by atoms with E-state index in [1.165, 1.54) is 0 Å². The van der Waals surface area contributed by atoms with Crippen LogP contribution in [-0.2, 0) is 0 Å². The van der Waals surface area contributed by atoms with Crippen molar-refractivity contribution < 1.29 is 14.6 Å². The summed E-state index contributed by atoms with van der Waals surface area (Å²) < 4.78 is 10.5. The number of hydrogen-bond donors (Lipinski definition) is 1.